The summed E-state index contributed by atoms with van der Waals surface area (Å²) in [7, 11) is 0. The van der Waals surface area contributed by atoms with E-state index in [0.717, 1.165) is 17.9 Å². The van der Waals surface area contributed by atoms with Gasteiger partial charge in [-0.3, -0.25) is 0 Å². The molecule has 0 spiro atoms. The lowest BCUT2D eigenvalue weighted by atomic mass is 9.77. The molecule has 1 fully saturated rings. The average molecular weight is 187 g/mol. The van der Waals surface area contributed by atoms with Crippen molar-refractivity contribution in [2.45, 2.75) is 38.1 Å². The molecule has 1 aromatic rings. The Morgan fingerprint density at radius 2 is 2.07 bits per heavy atom. The highest BCUT2D eigenvalue weighted by atomic mass is 15.0. The molecule has 1 saturated carbocycles. The largest absolute Gasteiger partial charge is 0.381 e. The summed E-state index contributed by atoms with van der Waals surface area (Å²) in [4.78, 5) is 0. The van der Waals surface area contributed by atoms with Crippen molar-refractivity contribution < 1.29 is 0 Å². The third-order valence-corrected chi connectivity index (χ3v) is 3.81. The Kier molecular flexibility index (Phi) is 1.79. The van der Waals surface area contributed by atoms with E-state index >= 15 is 0 Å². The number of hydrogen-bond donors (Lipinski definition) is 1. The highest BCUT2D eigenvalue weighted by Gasteiger charge is 2.35. The van der Waals surface area contributed by atoms with Gasteiger partial charge in [-0.1, -0.05) is 25.1 Å². The van der Waals surface area contributed by atoms with Crippen LogP contribution in [0.3, 0.4) is 0 Å². The number of rotatable bonds is 0. The molecular formula is C13H17N. The van der Waals surface area contributed by atoms with Gasteiger partial charge < -0.3 is 5.32 Å². The Morgan fingerprint density at radius 1 is 1.21 bits per heavy atom. The zero-order valence-corrected chi connectivity index (χ0v) is 8.66. The van der Waals surface area contributed by atoms with Crippen LogP contribution in [0.15, 0.2) is 24.3 Å². The fourth-order valence-corrected chi connectivity index (χ4v) is 3.05. The maximum Gasteiger partial charge on any atom is 0.0378 e. The number of nitrogens with one attached hydrogen (secondary N) is 1. The lowest BCUT2D eigenvalue weighted by molar-refractivity contribution is 0.331. The van der Waals surface area contributed by atoms with Crippen LogP contribution < -0.4 is 5.32 Å². The van der Waals surface area contributed by atoms with E-state index in [1.165, 1.54) is 24.9 Å². The van der Waals surface area contributed by atoms with Crippen molar-refractivity contribution >= 4 is 5.69 Å². The van der Waals surface area contributed by atoms with E-state index in [1.54, 1.807) is 5.56 Å². The molecule has 1 aromatic carbocycles. The summed E-state index contributed by atoms with van der Waals surface area (Å²) in [6.45, 7) is 2.39. The third-order valence-electron chi connectivity index (χ3n) is 3.81. The highest BCUT2D eigenvalue weighted by Crippen LogP contribution is 2.45. The van der Waals surface area contributed by atoms with E-state index in [4.69, 9.17) is 0 Å². The van der Waals surface area contributed by atoms with Gasteiger partial charge in [-0.05, 0) is 36.8 Å². The quantitative estimate of drug-likeness (QED) is 0.656. The summed E-state index contributed by atoms with van der Waals surface area (Å²) in [5.41, 5.74) is 2.95. The smallest absolute Gasteiger partial charge is 0.0378 e. The first-order chi connectivity index (χ1) is 6.84. The fourth-order valence-electron chi connectivity index (χ4n) is 3.05. The molecule has 1 aliphatic carbocycles. The molecule has 1 N–H and O–H groups in total. The standard InChI is InChI=1S/C13H17N/c1-9-6-7-13-11(8-9)10-4-2-3-5-12(10)14-13/h2-5,9,11,13-14H,6-8H2,1H3/t9-,11-,13+/m0/s1. The first kappa shape index (κ1) is 8.34. The summed E-state index contributed by atoms with van der Waals surface area (Å²) in [6.07, 6.45) is 4.11. The Hall–Kier alpha value is -0.980. The molecule has 0 saturated heterocycles. The topological polar surface area (TPSA) is 12.0 Å². The van der Waals surface area contributed by atoms with Crippen molar-refractivity contribution in [3.63, 3.8) is 0 Å². The molecule has 0 unspecified atom stereocenters. The lowest BCUT2D eigenvalue weighted by Crippen LogP contribution is -2.27. The second-order valence-corrected chi connectivity index (χ2v) is 4.86. The summed E-state index contributed by atoms with van der Waals surface area (Å²) >= 11 is 0. The molecule has 0 radical (unpaired) electrons. The minimum atomic E-state index is 0.726. The Labute approximate surface area is 85.5 Å². The van der Waals surface area contributed by atoms with Gasteiger partial charge in [0, 0.05) is 17.6 Å². The molecule has 0 aromatic heterocycles. The van der Waals surface area contributed by atoms with Crippen molar-refractivity contribution in [2.75, 3.05) is 5.32 Å². The maximum absolute atomic E-state index is 3.66. The third kappa shape index (κ3) is 1.15. The SMILES string of the molecule is C[C@H]1CC[C@H]2Nc3ccccc3[C@@H]2C1. The van der Waals surface area contributed by atoms with Gasteiger partial charge in [-0.15, -0.1) is 0 Å². The minimum Gasteiger partial charge on any atom is -0.381 e. The van der Waals surface area contributed by atoms with Crippen molar-refractivity contribution in [2.24, 2.45) is 5.92 Å². The van der Waals surface area contributed by atoms with Crippen LogP contribution in [-0.4, -0.2) is 6.04 Å². The van der Waals surface area contributed by atoms with Gasteiger partial charge in [0.2, 0.25) is 0 Å². The second kappa shape index (κ2) is 3.01. The maximum atomic E-state index is 3.66. The van der Waals surface area contributed by atoms with Crippen LogP contribution in [0.1, 0.15) is 37.7 Å². The number of hydrogen-bond acceptors (Lipinski definition) is 1. The van der Waals surface area contributed by atoms with Gasteiger partial charge in [0.15, 0.2) is 0 Å². The van der Waals surface area contributed by atoms with Gasteiger partial charge in [0.1, 0.15) is 0 Å². The van der Waals surface area contributed by atoms with Gasteiger partial charge in [-0.25, -0.2) is 0 Å². The molecule has 1 heteroatoms. The summed E-state index contributed by atoms with van der Waals surface area (Å²) in [5, 5.41) is 3.66. The van der Waals surface area contributed by atoms with Gasteiger partial charge in [0.05, 0.1) is 0 Å². The molecular weight excluding hydrogens is 170 g/mol. The first-order valence-corrected chi connectivity index (χ1v) is 5.70. The minimum absolute atomic E-state index is 0.726. The summed E-state index contributed by atoms with van der Waals surface area (Å²) in [5.74, 6) is 1.69. The average Bonchev–Trinajstić information content (AvgIpc) is 2.56. The monoisotopic (exact) mass is 187 g/mol. The van der Waals surface area contributed by atoms with Crippen molar-refractivity contribution in [3.8, 4) is 0 Å². The van der Waals surface area contributed by atoms with E-state index < -0.39 is 0 Å². The van der Waals surface area contributed by atoms with Crippen LogP contribution in [0.2, 0.25) is 0 Å². The molecule has 2 aliphatic rings. The molecule has 0 bridgehead atoms. The molecule has 1 aliphatic heterocycles. The number of fused-ring (bicyclic) bond motifs is 3. The second-order valence-electron chi connectivity index (χ2n) is 4.86. The van der Waals surface area contributed by atoms with Crippen molar-refractivity contribution in [3.05, 3.63) is 29.8 Å². The predicted octanol–water partition coefficient (Wildman–Crippen LogP) is 3.38. The van der Waals surface area contributed by atoms with E-state index in [0.29, 0.717) is 0 Å². The lowest BCUT2D eigenvalue weighted by Gasteiger charge is -2.29. The van der Waals surface area contributed by atoms with E-state index in [1.807, 2.05) is 0 Å². The van der Waals surface area contributed by atoms with Crippen LogP contribution in [0, 0.1) is 5.92 Å². The number of benzene rings is 1. The summed E-state index contributed by atoms with van der Waals surface area (Å²) < 4.78 is 0. The van der Waals surface area contributed by atoms with Gasteiger partial charge in [0.25, 0.3) is 0 Å². The summed E-state index contributed by atoms with van der Waals surface area (Å²) in [6, 6.07) is 9.54. The molecule has 0 amide bonds. The predicted molar refractivity (Wildman–Crippen MR) is 59.6 cm³/mol. The number of para-hydroxylation sites is 1. The number of anilines is 1. The van der Waals surface area contributed by atoms with Crippen LogP contribution in [0.5, 0.6) is 0 Å². The van der Waals surface area contributed by atoms with Gasteiger partial charge >= 0.3 is 0 Å². The Morgan fingerprint density at radius 3 is 3.00 bits per heavy atom. The Bertz CT molecular complexity index is 345. The zero-order valence-electron chi connectivity index (χ0n) is 8.66. The molecule has 1 nitrogen and oxygen atoms in total. The van der Waals surface area contributed by atoms with Gasteiger partial charge in [-0.2, -0.15) is 0 Å². The van der Waals surface area contributed by atoms with Crippen molar-refractivity contribution in [1.29, 1.82) is 0 Å². The van der Waals surface area contributed by atoms with Crippen LogP contribution in [0.4, 0.5) is 5.69 Å². The molecule has 1 heterocycles. The molecule has 14 heavy (non-hydrogen) atoms. The van der Waals surface area contributed by atoms with Crippen LogP contribution in [-0.2, 0) is 0 Å². The fraction of sp³-hybridized carbons (Fsp3) is 0.538. The first-order valence-electron chi connectivity index (χ1n) is 5.70. The van der Waals surface area contributed by atoms with Crippen LogP contribution in [0.25, 0.3) is 0 Å². The molecule has 3 rings (SSSR count). The van der Waals surface area contributed by atoms with E-state index in [-0.39, 0.29) is 0 Å². The molecule has 3 atom stereocenters. The van der Waals surface area contributed by atoms with Crippen LogP contribution >= 0.6 is 0 Å². The van der Waals surface area contributed by atoms with E-state index in [2.05, 4.69) is 36.5 Å². The van der Waals surface area contributed by atoms with Crippen molar-refractivity contribution in [1.82, 2.24) is 0 Å². The zero-order chi connectivity index (χ0) is 9.54. The highest BCUT2D eigenvalue weighted by molar-refractivity contribution is 5.59. The Balaban J connectivity index is 1.97. The van der Waals surface area contributed by atoms with E-state index in [9.17, 15) is 0 Å². The normalized spacial score (nSPS) is 34.5. The molecule has 74 valence electrons.